The molecule has 0 fully saturated rings. The zero-order valence-corrected chi connectivity index (χ0v) is 18.9. The van der Waals surface area contributed by atoms with Crippen LogP contribution in [0.2, 0.25) is 0 Å². The minimum Gasteiger partial charge on any atom is -0.428 e. The first-order chi connectivity index (χ1) is 12.1. The summed E-state index contributed by atoms with van der Waals surface area (Å²) >= 11 is 4.35. The Balaban J connectivity index is 2.32. The van der Waals surface area contributed by atoms with Crippen molar-refractivity contribution in [2.24, 2.45) is 0 Å². The predicted octanol–water partition coefficient (Wildman–Crippen LogP) is 6.07. The van der Waals surface area contributed by atoms with Gasteiger partial charge in [-0.05, 0) is 90.2 Å². The van der Waals surface area contributed by atoms with Crippen molar-refractivity contribution in [3.05, 3.63) is 72.9 Å². The number of hydrogen-bond donors (Lipinski definition) is 0. The van der Waals surface area contributed by atoms with Gasteiger partial charge in [0.1, 0.15) is 11.4 Å². The van der Waals surface area contributed by atoms with Gasteiger partial charge in [0.25, 0.3) is 0 Å². The average molecular weight is 576 g/mol. The standard InChI is InChI=1S/C20H18I2O4/c1-20(2,3)26-19(24)25-18(14-6-10-16(22)11-7-14)12-17(23)13-4-8-15(21)9-5-13/h4-12H,1-3H3/b18-12+. The lowest BCUT2D eigenvalue weighted by atomic mass is 10.1. The summed E-state index contributed by atoms with van der Waals surface area (Å²) in [5, 5.41) is 0. The maximum atomic E-state index is 12.6. The van der Waals surface area contributed by atoms with Gasteiger partial charge in [-0.15, -0.1) is 0 Å². The highest BCUT2D eigenvalue weighted by Gasteiger charge is 2.20. The van der Waals surface area contributed by atoms with Gasteiger partial charge in [-0.2, -0.15) is 0 Å². The van der Waals surface area contributed by atoms with Crippen LogP contribution in [0.5, 0.6) is 0 Å². The SMILES string of the molecule is CC(C)(C)OC(=O)O/C(=C/C(=O)c1ccc(I)cc1)c1ccc(I)cc1. The summed E-state index contributed by atoms with van der Waals surface area (Å²) in [6.45, 7) is 5.25. The lowest BCUT2D eigenvalue weighted by Gasteiger charge is -2.19. The Bertz CT molecular complexity index is 816. The number of carbonyl (C=O) groups is 2. The normalized spacial score (nSPS) is 11.8. The Kier molecular flexibility index (Phi) is 7.22. The van der Waals surface area contributed by atoms with Gasteiger partial charge >= 0.3 is 6.16 Å². The zero-order chi connectivity index (χ0) is 19.3. The Morgan fingerprint density at radius 2 is 1.31 bits per heavy atom. The molecule has 0 amide bonds. The maximum absolute atomic E-state index is 12.6. The summed E-state index contributed by atoms with van der Waals surface area (Å²) in [5.41, 5.74) is 0.449. The van der Waals surface area contributed by atoms with E-state index in [1.165, 1.54) is 6.08 Å². The number of benzene rings is 2. The first-order valence-corrected chi connectivity index (χ1v) is 9.98. The van der Waals surface area contributed by atoms with E-state index in [9.17, 15) is 9.59 Å². The second-order valence-corrected chi connectivity index (χ2v) is 8.94. The molecule has 0 aromatic heterocycles. The van der Waals surface area contributed by atoms with Crippen molar-refractivity contribution < 1.29 is 19.1 Å². The number of halogens is 2. The summed E-state index contributed by atoms with van der Waals surface area (Å²) in [5.74, 6) is -0.0993. The topological polar surface area (TPSA) is 52.6 Å². The molecule has 0 radical (unpaired) electrons. The summed E-state index contributed by atoms with van der Waals surface area (Å²) in [6, 6.07) is 14.5. The Morgan fingerprint density at radius 1 is 0.846 bits per heavy atom. The fourth-order valence-electron chi connectivity index (χ4n) is 1.96. The van der Waals surface area contributed by atoms with Crippen LogP contribution >= 0.6 is 45.2 Å². The van der Waals surface area contributed by atoms with E-state index >= 15 is 0 Å². The molecule has 26 heavy (non-hydrogen) atoms. The van der Waals surface area contributed by atoms with Gasteiger partial charge in [-0.25, -0.2) is 4.79 Å². The maximum Gasteiger partial charge on any atom is 0.514 e. The van der Waals surface area contributed by atoms with Gasteiger partial charge in [-0.1, -0.05) is 24.3 Å². The monoisotopic (exact) mass is 576 g/mol. The van der Waals surface area contributed by atoms with Crippen molar-refractivity contribution in [1.82, 2.24) is 0 Å². The van der Waals surface area contributed by atoms with Gasteiger partial charge in [-0.3, -0.25) is 4.79 Å². The van der Waals surface area contributed by atoms with Gasteiger partial charge in [0.05, 0.1) is 0 Å². The minimum absolute atomic E-state index is 0.152. The number of allylic oxidation sites excluding steroid dienone is 1. The van der Waals surface area contributed by atoms with Crippen LogP contribution in [0, 0.1) is 7.14 Å². The van der Waals surface area contributed by atoms with Crippen molar-refractivity contribution in [3.8, 4) is 0 Å². The number of hydrogen-bond acceptors (Lipinski definition) is 4. The minimum atomic E-state index is -0.849. The highest BCUT2D eigenvalue weighted by Crippen LogP contribution is 2.21. The molecule has 0 saturated carbocycles. The molecule has 0 aliphatic heterocycles. The molecule has 6 heteroatoms. The Labute approximate surface area is 180 Å². The van der Waals surface area contributed by atoms with Crippen molar-refractivity contribution in [2.75, 3.05) is 0 Å². The third kappa shape index (κ3) is 6.71. The van der Waals surface area contributed by atoms with E-state index in [0.29, 0.717) is 11.1 Å². The second-order valence-electron chi connectivity index (χ2n) is 6.45. The molecule has 0 spiro atoms. The quantitative estimate of drug-likeness (QED) is 0.146. The van der Waals surface area contributed by atoms with E-state index in [0.717, 1.165) is 7.14 Å². The fraction of sp³-hybridized carbons (Fsp3) is 0.200. The largest absolute Gasteiger partial charge is 0.514 e. The molecule has 0 heterocycles. The molecule has 0 N–H and O–H groups in total. The molecule has 0 aliphatic carbocycles. The van der Waals surface area contributed by atoms with E-state index < -0.39 is 11.8 Å². The van der Waals surface area contributed by atoms with Crippen LogP contribution in [0.3, 0.4) is 0 Å². The molecular weight excluding hydrogens is 558 g/mol. The number of ketones is 1. The van der Waals surface area contributed by atoms with E-state index in [-0.39, 0.29) is 11.5 Å². The van der Waals surface area contributed by atoms with Gasteiger partial charge in [0.15, 0.2) is 5.78 Å². The Hall–Kier alpha value is -1.42. The molecule has 0 bridgehead atoms. The van der Waals surface area contributed by atoms with Gasteiger partial charge in [0, 0.05) is 24.3 Å². The fourth-order valence-corrected chi connectivity index (χ4v) is 2.68. The zero-order valence-electron chi connectivity index (χ0n) is 14.6. The Morgan fingerprint density at radius 3 is 1.77 bits per heavy atom. The predicted molar refractivity (Wildman–Crippen MR) is 118 cm³/mol. The van der Waals surface area contributed by atoms with Crippen LogP contribution in [-0.2, 0) is 9.47 Å². The van der Waals surface area contributed by atoms with E-state index in [1.54, 1.807) is 45.0 Å². The molecule has 2 aromatic rings. The smallest absolute Gasteiger partial charge is 0.428 e. The summed E-state index contributed by atoms with van der Waals surface area (Å²) in [4.78, 5) is 24.6. The van der Waals surface area contributed by atoms with E-state index in [1.807, 2.05) is 24.3 Å². The third-order valence-electron chi connectivity index (χ3n) is 3.10. The van der Waals surface area contributed by atoms with E-state index in [4.69, 9.17) is 9.47 Å². The molecule has 0 unspecified atom stereocenters. The lowest BCUT2D eigenvalue weighted by Crippen LogP contribution is -2.24. The summed E-state index contributed by atoms with van der Waals surface area (Å²) in [6.07, 6.45) is 0.464. The van der Waals surface area contributed by atoms with Crippen LogP contribution in [0.15, 0.2) is 54.6 Å². The second kappa shape index (κ2) is 8.98. The van der Waals surface area contributed by atoms with Crippen LogP contribution in [0.1, 0.15) is 36.7 Å². The van der Waals surface area contributed by atoms with Crippen molar-refractivity contribution in [3.63, 3.8) is 0 Å². The first kappa shape index (κ1) is 20.9. The lowest BCUT2D eigenvalue weighted by molar-refractivity contribution is 0.0148. The molecule has 136 valence electrons. The van der Waals surface area contributed by atoms with Gasteiger partial charge < -0.3 is 9.47 Å². The summed E-state index contributed by atoms with van der Waals surface area (Å²) in [7, 11) is 0. The molecule has 0 atom stereocenters. The van der Waals surface area contributed by atoms with Crippen LogP contribution in [0.25, 0.3) is 5.76 Å². The highest BCUT2D eigenvalue weighted by atomic mass is 127. The third-order valence-corrected chi connectivity index (χ3v) is 4.54. The molecule has 0 saturated heterocycles. The van der Waals surface area contributed by atoms with Crippen molar-refractivity contribution in [1.29, 1.82) is 0 Å². The number of ether oxygens (including phenoxy) is 2. The van der Waals surface area contributed by atoms with Crippen molar-refractivity contribution in [2.45, 2.75) is 26.4 Å². The highest BCUT2D eigenvalue weighted by molar-refractivity contribution is 14.1. The van der Waals surface area contributed by atoms with Crippen LogP contribution < -0.4 is 0 Å². The molecule has 2 aromatic carbocycles. The van der Waals surface area contributed by atoms with Crippen LogP contribution in [0.4, 0.5) is 4.79 Å². The molecular formula is C20H18I2O4. The number of rotatable bonds is 4. The average Bonchev–Trinajstić information content (AvgIpc) is 2.53. The van der Waals surface area contributed by atoms with Crippen molar-refractivity contribution >= 4 is 62.9 Å². The molecule has 0 aliphatic rings. The van der Waals surface area contributed by atoms with Crippen LogP contribution in [-0.4, -0.2) is 17.5 Å². The van der Waals surface area contributed by atoms with Gasteiger partial charge in [0.2, 0.25) is 0 Å². The molecule has 4 nitrogen and oxygen atoms in total. The number of carbonyl (C=O) groups excluding carboxylic acids is 2. The molecule has 2 rings (SSSR count). The summed E-state index contributed by atoms with van der Waals surface area (Å²) < 4.78 is 12.6. The first-order valence-electron chi connectivity index (χ1n) is 7.82. The van der Waals surface area contributed by atoms with E-state index in [2.05, 4.69) is 45.2 Å².